The Morgan fingerprint density at radius 1 is 1.26 bits per heavy atom. The monoisotopic (exact) mass is 435 g/mol. The van der Waals surface area contributed by atoms with Crippen molar-refractivity contribution in [1.82, 2.24) is 10.6 Å². The number of nitrogens with zero attached hydrogens (tertiary/aromatic N) is 1. The van der Waals surface area contributed by atoms with Gasteiger partial charge in [0.15, 0.2) is 17.5 Å². The Labute approximate surface area is 155 Å². The molecule has 1 aromatic carbocycles. The quantitative estimate of drug-likeness (QED) is 0.284. The van der Waals surface area contributed by atoms with E-state index in [9.17, 15) is 0 Å². The minimum atomic E-state index is 0. The third-order valence-electron chi connectivity index (χ3n) is 3.26. The number of benzene rings is 1. The van der Waals surface area contributed by atoms with Crippen molar-refractivity contribution in [2.75, 3.05) is 40.1 Å². The summed E-state index contributed by atoms with van der Waals surface area (Å²) in [5.41, 5.74) is 1.21. The number of guanidine groups is 1. The number of ether oxygens (including phenoxy) is 3. The predicted octanol–water partition coefficient (Wildman–Crippen LogP) is 2.17. The molecule has 7 heteroatoms. The zero-order valence-electron chi connectivity index (χ0n) is 13.8. The molecule has 6 nitrogen and oxygen atoms in total. The lowest BCUT2D eigenvalue weighted by atomic mass is 10.1. The molecule has 23 heavy (non-hydrogen) atoms. The molecule has 1 aliphatic rings. The standard InChI is InChI=1S/C16H25N3O3.HI/c1-3-17-16(18-8-4-10-20-2)19-9-7-13-5-6-14-15(11-13)22-12-21-14;/h5-6,11H,3-4,7-10,12H2,1-2H3,(H2,17,18,19);1H. The van der Waals surface area contributed by atoms with Gasteiger partial charge in [0.2, 0.25) is 6.79 Å². The van der Waals surface area contributed by atoms with Gasteiger partial charge < -0.3 is 24.8 Å². The lowest BCUT2D eigenvalue weighted by Crippen LogP contribution is -2.38. The molecule has 2 N–H and O–H groups in total. The van der Waals surface area contributed by atoms with E-state index in [0.29, 0.717) is 6.79 Å². The maximum absolute atomic E-state index is 5.39. The van der Waals surface area contributed by atoms with Crippen molar-refractivity contribution in [2.45, 2.75) is 19.8 Å². The summed E-state index contributed by atoms with van der Waals surface area (Å²) in [6.45, 7) is 5.53. The normalized spacial score (nSPS) is 12.7. The SMILES string of the molecule is CCNC(=NCCCOC)NCCc1ccc2c(c1)OCO2.I. The maximum Gasteiger partial charge on any atom is 0.231 e. The van der Waals surface area contributed by atoms with Crippen molar-refractivity contribution in [3.8, 4) is 11.5 Å². The minimum absolute atomic E-state index is 0. The third-order valence-corrected chi connectivity index (χ3v) is 3.26. The van der Waals surface area contributed by atoms with Gasteiger partial charge >= 0.3 is 0 Å². The van der Waals surface area contributed by atoms with E-state index in [2.05, 4.69) is 28.6 Å². The van der Waals surface area contributed by atoms with Crippen LogP contribution in [0.1, 0.15) is 18.9 Å². The molecule has 0 unspecified atom stereocenters. The topological polar surface area (TPSA) is 64.1 Å². The zero-order valence-corrected chi connectivity index (χ0v) is 16.1. The molecule has 1 aliphatic heterocycles. The van der Waals surface area contributed by atoms with E-state index in [0.717, 1.165) is 56.5 Å². The van der Waals surface area contributed by atoms with Crippen molar-refractivity contribution in [1.29, 1.82) is 0 Å². The molecule has 1 aromatic rings. The van der Waals surface area contributed by atoms with Crippen LogP contribution < -0.4 is 20.1 Å². The fourth-order valence-corrected chi connectivity index (χ4v) is 2.16. The molecule has 0 saturated carbocycles. The Kier molecular flexibility index (Phi) is 9.77. The first-order valence-corrected chi connectivity index (χ1v) is 7.73. The third kappa shape index (κ3) is 6.82. The van der Waals surface area contributed by atoms with Crippen LogP contribution in [0.3, 0.4) is 0 Å². The van der Waals surface area contributed by atoms with Crippen LogP contribution in [0.15, 0.2) is 23.2 Å². The Morgan fingerprint density at radius 3 is 2.87 bits per heavy atom. The molecule has 130 valence electrons. The largest absolute Gasteiger partial charge is 0.454 e. The lowest BCUT2D eigenvalue weighted by Gasteiger charge is -2.11. The Balaban J connectivity index is 0.00000264. The summed E-state index contributed by atoms with van der Waals surface area (Å²) in [7, 11) is 1.71. The van der Waals surface area contributed by atoms with Crippen molar-refractivity contribution in [3.63, 3.8) is 0 Å². The number of nitrogens with one attached hydrogen (secondary N) is 2. The van der Waals surface area contributed by atoms with E-state index in [4.69, 9.17) is 14.2 Å². The summed E-state index contributed by atoms with van der Waals surface area (Å²) < 4.78 is 15.7. The van der Waals surface area contributed by atoms with Gasteiger partial charge in [-0.15, -0.1) is 24.0 Å². The summed E-state index contributed by atoms with van der Waals surface area (Å²) in [5.74, 6) is 2.50. The lowest BCUT2D eigenvalue weighted by molar-refractivity contribution is 0.174. The molecule has 0 atom stereocenters. The van der Waals surface area contributed by atoms with E-state index in [1.165, 1.54) is 5.56 Å². The minimum Gasteiger partial charge on any atom is -0.454 e. The van der Waals surface area contributed by atoms with Gasteiger partial charge in [0, 0.05) is 33.4 Å². The molecule has 0 saturated heterocycles. The van der Waals surface area contributed by atoms with Gasteiger partial charge in [0.05, 0.1) is 0 Å². The van der Waals surface area contributed by atoms with E-state index in [1.54, 1.807) is 7.11 Å². The van der Waals surface area contributed by atoms with Crippen LogP contribution in [0.2, 0.25) is 0 Å². The van der Waals surface area contributed by atoms with Crippen LogP contribution in [0.25, 0.3) is 0 Å². The summed E-state index contributed by atoms with van der Waals surface area (Å²) in [4.78, 5) is 4.51. The number of rotatable bonds is 8. The van der Waals surface area contributed by atoms with Crippen molar-refractivity contribution in [2.24, 2.45) is 4.99 Å². The maximum atomic E-state index is 5.39. The number of methoxy groups -OCH3 is 1. The van der Waals surface area contributed by atoms with Crippen LogP contribution in [0.4, 0.5) is 0 Å². The molecule has 0 aliphatic carbocycles. The second kappa shape index (κ2) is 11.3. The Bertz CT molecular complexity index is 497. The molecule has 0 spiro atoms. The summed E-state index contributed by atoms with van der Waals surface area (Å²) in [5, 5.41) is 6.58. The van der Waals surface area contributed by atoms with E-state index >= 15 is 0 Å². The highest BCUT2D eigenvalue weighted by Crippen LogP contribution is 2.32. The van der Waals surface area contributed by atoms with Gasteiger partial charge in [-0.2, -0.15) is 0 Å². The number of hydrogen-bond donors (Lipinski definition) is 2. The second-order valence-electron chi connectivity index (χ2n) is 4.97. The van der Waals surface area contributed by atoms with E-state index in [-0.39, 0.29) is 24.0 Å². The summed E-state index contributed by atoms with van der Waals surface area (Å²) in [6, 6.07) is 6.06. The van der Waals surface area contributed by atoms with Crippen LogP contribution in [-0.2, 0) is 11.2 Å². The molecule has 1 heterocycles. The fourth-order valence-electron chi connectivity index (χ4n) is 2.16. The molecular formula is C16H26IN3O3. The van der Waals surface area contributed by atoms with Gasteiger partial charge in [-0.25, -0.2) is 0 Å². The first-order chi connectivity index (χ1) is 10.8. The smallest absolute Gasteiger partial charge is 0.231 e. The van der Waals surface area contributed by atoms with Gasteiger partial charge in [-0.3, -0.25) is 4.99 Å². The van der Waals surface area contributed by atoms with Crippen LogP contribution in [-0.4, -0.2) is 46.1 Å². The fraction of sp³-hybridized carbons (Fsp3) is 0.562. The first-order valence-electron chi connectivity index (χ1n) is 7.73. The summed E-state index contributed by atoms with van der Waals surface area (Å²) >= 11 is 0. The molecule has 0 amide bonds. The van der Waals surface area contributed by atoms with E-state index in [1.807, 2.05) is 12.1 Å². The van der Waals surface area contributed by atoms with Crippen LogP contribution in [0, 0.1) is 0 Å². The first kappa shape index (κ1) is 19.8. The highest BCUT2D eigenvalue weighted by atomic mass is 127. The number of fused-ring (bicyclic) bond motifs is 1. The van der Waals surface area contributed by atoms with Crippen LogP contribution in [0.5, 0.6) is 11.5 Å². The van der Waals surface area contributed by atoms with Gasteiger partial charge in [0.1, 0.15) is 0 Å². The average molecular weight is 435 g/mol. The van der Waals surface area contributed by atoms with Gasteiger partial charge in [0.25, 0.3) is 0 Å². The van der Waals surface area contributed by atoms with Gasteiger partial charge in [-0.1, -0.05) is 6.07 Å². The Morgan fingerprint density at radius 2 is 2.09 bits per heavy atom. The van der Waals surface area contributed by atoms with Gasteiger partial charge in [-0.05, 0) is 37.5 Å². The average Bonchev–Trinajstić information content (AvgIpc) is 2.99. The molecule has 2 rings (SSSR count). The number of aliphatic imine (C=N–C) groups is 1. The second-order valence-corrected chi connectivity index (χ2v) is 4.97. The molecule has 0 radical (unpaired) electrons. The van der Waals surface area contributed by atoms with E-state index < -0.39 is 0 Å². The highest BCUT2D eigenvalue weighted by Gasteiger charge is 2.12. The Hall–Kier alpha value is -1.22. The highest BCUT2D eigenvalue weighted by molar-refractivity contribution is 14.0. The number of hydrogen-bond acceptors (Lipinski definition) is 4. The zero-order chi connectivity index (χ0) is 15.6. The van der Waals surface area contributed by atoms with Crippen molar-refractivity contribution >= 4 is 29.9 Å². The summed E-state index contributed by atoms with van der Waals surface area (Å²) in [6.07, 6.45) is 1.83. The molecule has 0 aromatic heterocycles. The van der Waals surface area contributed by atoms with Crippen molar-refractivity contribution in [3.05, 3.63) is 23.8 Å². The molecular weight excluding hydrogens is 409 g/mol. The molecule has 0 bridgehead atoms. The molecule has 0 fully saturated rings. The predicted molar refractivity (Wildman–Crippen MR) is 102 cm³/mol. The van der Waals surface area contributed by atoms with Crippen LogP contribution >= 0.6 is 24.0 Å². The van der Waals surface area contributed by atoms with Crippen molar-refractivity contribution < 1.29 is 14.2 Å². The number of halogens is 1.